The maximum Gasteiger partial charge on any atom is 0.352 e. The summed E-state index contributed by atoms with van der Waals surface area (Å²) in [6.07, 6.45) is 2.16. The number of benzene rings is 2. The lowest BCUT2D eigenvalue weighted by atomic mass is 10.1. The molecule has 4 aromatic rings. The van der Waals surface area contributed by atoms with E-state index in [-0.39, 0.29) is 18.8 Å². The van der Waals surface area contributed by atoms with E-state index in [0.717, 1.165) is 26.1 Å². The Hall–Kier alpha value is -4.53. The molecule has 0 aliphatic heterocycles. The summed E-state index contributed by atoms with van der Waals surface area (Å²) in [6.45, 7) is 4.09. The average Bonchev–Trinajstić information content (AvgIpc) is 2.89. The molecule has 0 saturated heterocycles. The lowest BCUT2D eigenvalue weighted by molar-refractivity contribution is 0.0944. The SMILES string of the molecule is COc1cccc(Cn2c(=O)c(C(=O)NCCc3ccccn3)nn(-c3ccc(C)c(C)c3)c2=O)c1. The number of rotatable bonds is 8. The van der Waals surface area contributed by atoms with Gasteiger partial charge in [0, 0.05) is 24.9 Å². The van der Waals surface area contributed by atoms with Gasteiger partial charge in [0.2, 0.25) is 5.69 Å². The second-order valence-corrected chi connectivity index (χ2v) is 8.38. The van der Waals surface area contributed by atoms with E-state index in [9.17, 15) is 14.4 Å². The molecule has 0 bridgehead atoms. The first-order valence-electron chi connectivity index (χ1n) is 11.5. The molecule has 0 aliphatic rings. The van der Waals surface area contributed by atoms with Crippen molar-refractivity contribution in [3.63, 3.8) is 0 Å². The highest BCUT2D eigenvalue weighted by molar-refractivity contribution is 5.91. The maximum absolute atomic E-state index is 13.4. The van der Waals surface area contributed by atoms with E-state index in [1.165, 1.54) is 7.11 Å². The summed E-state index contributed by atoms with van der Waals surface area (Å²) >= 11 is 0. The minimum absolute atomic E-state index is 0.0452. The average molecular weight is 486 g/mol. The number of amides is 1. The van der Waals surface area contributed by atoms with E-state index in [2.05, 4.69) is 15.4 Å². The Bertz CT molecular complexity index is 1510. The molecular weight excluding hydrogens is 458 g/mol. The maximum atomic E-state index is 13.4. The molecule has 4 rings (SSSR count). The number of aromatic nitrogens is 4. The zero-order valence-corrected chi connectivity index (χ0v) is 20.4. The lowest BCUT2D eigenvalue weighted by Crippen LogP contribution is -2.46. The summed E-state index contributed by atoms with van der Waals surface area (Å²) in [5.41, 5.74) is 2.17. The number of carbonyl (C=O) groups excluding carboxylic acids is 1. The molecule has 0 fully saturated rings. The molecule has 1 amide bonds. The van der Waals surface area contributed by atoms with Gasteiger partial charge >= 0.3 is 5.69 Å². The van der Waals surface area contributed by atoms with Gasteiger partial charge in [-0.15, -0.1) is 0 Å². The zero-order chi connectivity index (χ0) is 25.7. The number of ether oxygens (including phenoxy) is 1. The van der Waals surface area contributed by atoms with Crippen LogP contribution in [0.3, 0.4) is 0 Å². The van der Waals surface area contributed by atoms with Gasteiger partial charge < -0.3 is 10.1 Å². The summed E-state index contributed by atoms with van der Waals surface area (Å²) in [6, 6.07) is 18.0. The number of carbonyl (C=O) groups is 1. The highest BCUT2D eigenvalue weighted by Gasteiger charge is 2.20. The van der Waals surface area contributed by atoms with Crippen LogP contribution in [0.15, 0.2) is 76.4 Å². The molecule has 0 unspecified atom stereocenters. The van der Waals surface area contributed by atoms with Crippen LogP contribution in [-0.4, -0.2) is 38.9 Å². The molecule has 0 saturated carbocycles. The fourth-order valence-electron chi connectivity index (χ4n) is 3.71. The first kappa shape index (κ1) is 24.6. The number of hydrogen-bond donors (Lipinski definition) is 1. The van der Waals surface area contributed by atoms with Crippen molar-refractivity contribution in [2.24, 2.45) is 0 Å². The Balaban J connectivity index is 1.74. The fraction of sp³-hybridized carbons (Fsp3) is 0.222. The van der Waals surface area contributed by atoms with Crippen LogP contribution in [0, 0.1) is 13.8 Å². The van der Waals surface area contributed by atoms with Gasteiger partial charge in [-0.1, -0.05) is 24.3 Å². The highest BCUT2D eigenvalue weighted by atomic mass is 16.5. The lowest BCUT2D eigenvalue weighted by Gasteiger charge is -2.13. The smallest absolute Gasteiger partial charge is 0.352 e. The zero-order valence-electron chi connectivity index (χ0n) is 20.4. The third kappa shape index (κ3) is 5.41. The molecule has 2 aromatic carbocycles. The second kappa shape index (κ2) is 10.8. The molecule has 0 atom stereocenters. The van der Waals surface area contributed by atoms with Gasteiger partial charge in [0.05, 0.1) is 19.3 Å². The van der Waals surface area contributed by atoms with Crippen molar-refractivity contribution < 1.29 is 9.53 Å². The van der Waals surface area contributed by atoms with Gasteiger partial charge in [-0.2, -0.15) is 9.78 Å². The predicted octanol–water partition coefficient (Wildman–Crippen LogP) is 2.44. The minimum Gasteiger partial charge on any atom is -0.497 e. The van der Waals surface area contributed by atoms with Crippen LogP contribution in [0.1, 0.15) is 32.9 Å². The van der Waals surface area contributed by atoms with E-state index in [4.69, 9.17) is 4.74 Å². The summed E-state index contributed by atoms with van der Waals surface area (Å²) in [4.78, 5) is 44.0. The Morgan fingerprint density at radius 3 is 2.56 bits per heavy atom. The van der Waals surface area contributed by atoms with Gasteiger partial charge in [-0.3, -0.25) is 19.1 Å². The van der Waals surface area contributed by atoms with Crippen molar-refractivity contribution in [3.8, 4) is 11.4 Å². The van der Waals surface area contributed by atoms with Crippen molar-refractivity contribution in [2.75, 3.05) is 13.7 Å². The Morgan fingerprint density at radius 1 is 1.00 bits per heavy atom. The van der Waals surface area contributed by atoms with E-state index < -0.39 is 17.2 Å². The molecule has 9 heteroatoms. The summed E-state index contributed by atoms with van der Waals surface area (Å²) in [7, 11) is 1.54. The number of nitrogens with one attached hydrogen (secondary N) is 1. The molecule has 2 heterocycles. The van der Waals surface area contributed by atoms with Crippen molar-refractivity contribution in [1.29, 1.82) is 0 Å². The van der Waals surface area contributed by atoms with E-state index in [0.29, 0.717) is 23.4 Å². The molecule has 36 heavy (non-hydrogen) atoms. The molecule has 1 N–H and O–H groups in total. The molecule has 0 spiro atoms. The molecule has 9 nitrogen and oxygen atoms in total. The third-order valence-electron chi connectivity index (χ3n) is 5.88. The van der Waals surface area contributed by atoms with Gasteiger partial charge in [-0.05, 0) is 66.9 Å². The quantitative estimate of drug-likeness (QED) is 0.411. The number of nitrogens with zero attached hydrogens (tertiary/aromatic N) is 4. The molecule has 184 valence electrons. The van der Waals surface area contributed by atoms with Gasteiger partial charge in [-0.25, -0.2) is 4.79 Å². The monoisotopic (exact) mass is 485 g/mol. The molecule has 0 radical (unpaired) electrons. The number of pyridine rings is 1. The van der Waals surface area contributed by atoms with Crippen molar-refractivity contribution in [2.45, 2.75) is 26.8 Å². The van der Waals surface area contributed by atoms with Gasteiger partial charge in [0.25, 0.3) is 11.5 Å². The molecule has 0 aliphatic carbocycles. The normalized spacial score (nSPS) is 10.8. The van der Waals surface area contributed by atoms with Crippen LogP contribution in [0.25, 0.3) is 5.69 Å². The summed E-state index contributed by atoms with van der Waals surface area (Å²) < 4.78 is 7.38. The Labute approximate surface area is 208 Å². The van der Waals surface area contributed by atoms with E-state index >= 15 is 0 Å². The Kier molecular flexibility index (Phi) is 7.39. The topological polar surface area (TPSA) is 108 Å². The van der Waals surface area contributed by atoms with Crippen LogP contribution in [0.4, 0.5) is 0 Å². The molecule has 2 aromatic heterocycles. The minimum atomic E-state index is -0.766. The van der Waals surface area contributed by atoms with Crippen LogP contribution in [0.2, 0.25) is 0 Å². The van der Waals surface area contributed by atoms with Crippen LogP contribution < -0.4 is 21.3 Å². The summed E-state index contributed by atoms with van der Waals surface area (Å²) in [5.74, 6) is -0.0653. The van der Waals surface area contributed by atoms with Crippen molar-refractivity contribution in [3.05, 3.63) is 116 Å². The second-order valence-electron chi connectivity index (χ2n) is 8.38. The number of methoxy groups -OCH3 is 1. The highest BCUT2D eigenvalue weighted by Crippen LogP contribution is 2.14. The third-order valence-corrected chi connectivity index (χ3v) is 5.88. The van der Waals surface area contributed by atoms with E-state index in [1.807, 2.05) is 38.1 Å². The molecular formula is C27H27N5O4. The van der Waals surface area contributed by atoms with Crippen LogP contribution in [0.5, 0.6) is 5.75 Å². The van der Waals surface area contributed by atoms with Crippen molar-refractivity contribution >= 4 is 5.91 Å². The standard InChI is InChI=1S/C27H27N5O4/c1-18-10-11-22(15-19(18)2)32-27(35)31(17-20-7-6-9-23(16-20)36-3)26(34)24(30-32)25(33)29-14-12-21-8-4-5-13-28-21/h4-11,13,15-16H,12,14,17H2,1-3H3,(H,29,33). The van der Waals surface area contributed by atoms with Gasteiger partial charge in [0.1, 0.15) is 5.75 Å². The Morgan fingerprint density at radius 2 is 1.83 bits per heavy atom. The largest absolute Gasteiger partial charge is 0.497 e. The predicted molar refractivity (Wildman–Crippen MR) is 136 cm³/mol. The number of aryl methyl sites for hydroxylation is 2. The van der Waals surface area contributed by atoms with Crippen LogP contribution >= 0.6 is 0 Å². The fourth-order valence-corrected chi connectivity index (χ4v) is 3.71. The summed E-state index contributed by atoms with van der Waals surface area (Å²) in [5, 5.41) is 6.92. The van der Waals surface area contributed by atoms with Crippen molar-refractivity contribution in [1.82, 2.24) is 24.6 Å². The van der Waals surface area contributed by atoms with Gasteiger partial charge in [0.15, 0.2) is 0 Å². The van der Waals surface area contributed by atoms with E-state index in [1.54, 1.807) is 42.6 Å². The number of hydrogen-bond acceptors (Lipinski definition) is 6. The first-order valence-corrected chi connectivity index (χ1v) is 11.5. The first-order chi connectivity index (χ1) is 17.4. The van der Waals surface area contributed by atoms with Crippen LogP contribution in [-0.2, 0) is 13.0 Å².